The lowest BCUT2D eigenvalue weighted by atomic mass is 10.1. The Morgan fingerprint density at radius 1 is 1.22 bits per heavy atom. The van der Waals surface area contributed by atoms with Crippen molar-refractivity contribution >= 4 is 11.6 Å². The molecule has 2 aromatic rings. The van der Waals surface area contributed by atoms with Crippen LogP contribution in [0.2, 0.25) is 5.02 Å². The lowest BCUT2D eigenvalue weighted by Crippen LogP contribution is -1.95. The first-order chi connectivity index (χ1) is 8.58. The number of halogens is 2. The Bertz CT molecular complexity index is 555. The third-order valence-electron chi connectivity index (χ3n) is 2.49. The number of aliphatic hydroxyl groups excluding tert-OH is 1. The maximum absolute atomic E-state index is 13.0. The number of rotatable bonds is 3. The van der Waals surface area contributed by atoms with Crippen LogP contribution in [0, 0.1) is 5.82 Å². The van der Waals surface area contributed by atoms with E-state index in [1.54, 1.807) is 25.1 Å². The van der Waals surface area contributed by atoms with Crippen molar-refractivity contribution in [2.75, 3.05) is 0 Å². The Labute approximate surface area is 110 Å². The molecule has 0 saturated carbocycles. The molecule has 1 atom stereocenters. The second-order valence-electron chi connectivity index (χ2n) is 3.89. The van der Waals surface area contributed by atoms with Gasteiger partial charge in [0.1, 0.15) is 17.3 Å². The summed E-state index contributed by atoms with van der Waals surface area (Å²) in [5.74, 6) is 0.456. The number of ether oxygens (including phenoxy) is 1. The molecular weight excluding hydrogens is 255 g/mol. The van der Waals surface area contributed by atoms with E-state index in [1.807, 2.05) is 6.07 Å². The zero-order valence-electron chi connectivity index (χ0n) is 9.73. The predicted molar refractivity (Wildman–Crippen MR) is 68.6 cm³/mol. The van der Waals surface area contributed by atoms with Gasteiger partial charge in [-0.15, -0.1) is 0 Å². The van der Waals surface area contributed by atoms with E-state index in [0.29, 0.717) is 17.1 Å². The van der Waals surface area contributed by atoms with Crippen molar-refractivity contribution < 1.29 is 14.2 Å². The molecule has 0 aliphatic carbocycles. The SMILES string of the molecule is CC(O)c1ccccc1Oc1ccc(F)c(Cl)c1. The van der Waals surface area contributed by atoms with Crippen molar-refractivity contribution in [2.24, 2.45) is 0 Å². The van der Waals surface area contributed by atoms with Gasteiger partial charge in [0.05, 0.1) is 11.1 Å². The average Bonchev–Trinajstić information content (AvgIpc) is 2.34. The molecule has 0 spiro atoms. The van der Waals surface area contributed by atoms with Gasteiger partial charge in [-0.2, -0.15) is 0 Å². The fourth-order valence-electron chi connectivity index (χ4n) is 1.59. The van der Waals surface area contributed by atoms with Crippen molar-refractivity contribution in [1.82, 2.24) is 0 Å². The van der Waals surface area contributed by atoms with Crippen LogP contribution in [0.4, 0.5) is 4.39 Å². The maximum Gasteiger partial charge on any atom is 0.142 e. The quantitative estimate of drug-likeness (QED) is 0.896. The van der Waals surface area contributed by atoms with E-state index in [2.05, 4.69) is 0 Å². The Balaban J connectivity index is 2.31. The minimum atomic E-state index is -0.642. The van der Waals surface area contributed by atoms with Gasteiger partial charge in [0.2, 0.25) is 0 Å². The van der Waals surface area contributed by atoms with Crippen LogP contribution in [0.1, 0.15) is 18.6 Å². The van der Waals surface area contributed by atoms with Gasteiger partial charge in [-0.05, 0) is 25.1 Å². The van der Waals surface area contributed by atoms with Crippen LogP contribution >= 0.6 is 11.6 Å². The fraction of sp³-hybridized carbons (Fsp3) is 0.143. The van der Waals surface area contributed by atoms with E-state index in [0.717, 1.165) is 0 Å². The number of hydrogen-bond donors (Lipinski definition) is 1. The highest BCUT2D eigenvalue weighted by Crippen LogP contribution is 2.31. The Kier molecular flexibility index (Phi) is 3.84. The van der Waals surface area contributed by atoms with Gasteiger partial charge in [0.15, 0.2) is 0 Å². The molecule has 0 heterocycles. The topological polar surface area (TPSA) is 29.5 Å². The third-order valence-corrected chi connectivity index (χ3v) is 2.78. The highest BCUT2D eigenvalue weighted by atomic mass is 35.5. The van der Waals surface area contributed by atoms with Crippen molar-refractivity contribution in [3.8, 4) is 11.5 Å². The molecule has 0 bridgehead atoms. The molecule has 1 N–H and O–H groups in total. The molecule has 94 valence electrons. The summed E-state index contributed by atoms with van der Waals surface area (Å²) in [6.45, 7) is 1.65. The number of para-hydroxylation sites is 1. The molecule has 0 amide bonds. The molecule has 0 radical (unpaired) electrons. The first kappa shape index (κ1) is 12.9. The van der Waals surface area contributed by atoms with Crippen molar-refractivity contribution in [3.05, 3.63) is 58.9 Å². The minimum Gasteiger partial charge on any atom is -0.457 e. The zero-order chi connectivity index (χ0) is 13.1. The molecule has 2 rings (SSSR count). The summed E-state index contributed by atoms with van der Waals surface area (Å²) in [7, 11) is 0. The smallest absolute Gasteiger partial charge is 0.142 e. The second kappa shape index (κ2) is 5.38. The van der Waals surface area contributed by atoms with Gasteiger partial charge in [0, 0.05) is 11.6 Å². The Hall–Kier alpha value is -1.58. The molecule has 0 aliphatic rings. The summed E-state index contributed by atoms with van der Waals surface area (Å²) in [6.07, 6.45) is -0.642. The third kappa shape index (κ3) is 2.81. The van der Waals surface area contributed by atoms with E-state index in [9.17, 15) is 9.50 Å². The van der Waals surface area contributed by atoms with Crippen molar-refractivity contribution in [3.63, 3.8) is 0 Å². The highest BCUT2D eigenvalue weighted by Gasteiger charge is 2.10. The lowest BCUT2D eigenvalue weighted by Gasteiger charge is -2.13. The maximum atomic E-state index is 13.0. The molecule has 0 aliphatic heterocycles. The van der Waals surface area contributed by atoms with Gasteiger partial charge in [0.25, 0.3) is 0 Å². The first-order valence-corrected chi connectivity index (χ1v) is 5.85. The van der Waals surface area contributed by atoms with E-state index in [-0.39, 0.29) is 5.02 Å². The summed E-state index contributed by atoms with van der Waals surface area (Å²) in [5, 5.41) is 9.62. The monoisotopic (exact) mass is 266 g/mol. The second-order valence-corrected chi connectivity index (χ2v) is 4.30. The molecule has 4 heteroatoms. The van der Waals surface area contributed by atoms with Crippen LogP contribution in [0.25, 0.3) is 0 Å². The summed E-state index contributed by atoms with van der Waals surface area (Å²) < 4.78 is 18.6. The molecule has 2 nitrogen and oxygen atoms in total. The normalized spacial score (nSPS) is 12.2. The Morgan fingerprint density at radius 2 is 1.94 bits per heavy atom. The molecule has 2 aromatic carbocycles. The van der Waals surface area contributed by atoms with Crippen LogP contribution in [0.3, 0.4) is 0 Å². The summed E-state index contributed by atoms with van der Waals surface area (Å²) in [6, 6.07) is 11.2. The van der Waals surface area contributed by atoms with Crippen molar-refractivity contribution in [2.45, 2.75) is 13.0 Å². The van der Waals surface area contributed by atoms with Crippen LogP contribution in [0.15, 0.2) is 42.5 Å². The fourth-order valence-corrected chi connectivity index (χ4v) is 1.76. The predicted octanol–water partition coefficient (Wildman–Crippen LogP) is 4.32. The highest BCUT2D eigenvalue weighted by molar-refractivity contribution is 6.30. The van der Waals surface area contributed by atoms with Gasteiger partial charge >= 0.3 is 0 Å². The summed E-state index contributed by atoms with van der Waals surface area (Å²) in [4.78, 5) is 0. The van der Waals surface area contributed by atoms with Crippen LogP contribution in [-0.2, 0) is 0 Å². The molecule has 0 aromatic heterocycles. The van der Waals surface area contributed by atoms with E-state index < -0.39 is 11.9 Å². The molecule has 0 saturated heterocycles. The van der Waals surface area contributed by atoms with Crippen LogP contribution in [-0.4, -0.2) is 5.11 Å². The van der Waals surface area contributed by atoms with E-state index in [1.165, 1.54) is 18.2 Å². The largest absolute Gasteiger partial charge is 0.457 e. The molecule has 0 fully saturated rings. The zero-order valence-corrected chi connectivity index (χ0v) is 10.5. The lowest BCUT2D eigenvalue weighted by molar-refractivity contribution is 0.195. The first-order valence-electron chi connectivity index (χ1n) is 5.48. The van der Waals surface area contributed by atoms with Gasteiger partial charge in [-0.3, -0.25) is 0 Å². The van der Waals surface area contributed by atoms with Crippen molar-refractivity contribution in [1.29, 1.82) is 0 Å². The number of hydrogen-bond acceptors (Lipinski definition) is 2. The number of benzene rings is 2. The van der Waals surface area contributed by atoms with E-state index in [4.69, 9.17) is 16.3 Å². The molecular formula is C14H12ClFO2. The van der Waals surface area contributed by atoms with Gasteiger partial charge < -0.3 is 9.84 Å². The van der Waals surface area contributed by atoms with Gasteiger partial charge in [-0.25, -0.2) is 4.39 Å². The number of aliphatic hydroxyl groups is 1. The van der Waals surface area contributed by atoms with Gasteiger partial charge in [-0.1, -0.05) is 29.8 Å². The average molecular weight is 267 g/mol. The Morgan fingerprint density at radius 3 is 2.61 bits per heavy atom. The minimum absolute atomic E-state index is 0.00188. The van der Waals surface area contributed by atoms with E-state index >= 15 is 0 Å². The standard InChI is InChI=1S/C14H12ClFO2/c1-9(17)11-4-2-3-5-14(11)18-10-6-7-13(16)12(15)8-10/h2-9,17H,1H3. The molecule has 1 unspecified atom stereocenters. The summed E-state index contributed by atoms with van der Waals surface area (Å²) >= 11 is 5.68. The van der Waals surface area contributed by atoms with Crippen LogP contribution in [0.5, 0.6) is 11.5 Å². The summed E-state index contributed by atoms with van der Waals surface area (Å²) in [5.41, 5.74) is 0.665. The molecule has 18 heavy (non-hydrogen) atoms. The van der Waals surface area contributed by atoms with Crippen LogP contribution < -0.4 is 4.74 Å².